The molecule has 0 bridgehead atoms. The number of nitriles is 1. The van der Waals surface area contributed by atoms with Crippen molar-refractivity contribution in [2.24, 2.45) is 7.05 Å². The van der Waals surface area contributed by atoms with Crippen LogP contribution < -0.4 is 4.74 Å². The Hall–Kier alpha value is -1.93. The Morgan fingerprint density at radius 3 is 2.78 bits per heavy atom. The molecule has 0 radical (unpaired) electrons. The van der Waals surface area contributed by atoms with Gasteiger partial charge in [-0.25, -0.2) is 4.68 Å². The van der Waals surface area contributed by atoms with Crippen LogP contribution in [0.4, 0.5) is 0 Å². The summed E-state index contributed by atoms with van der Waals surface area (Å²) >= 11 is 1.60. The van der Waals surface area contributed by atoms with Crippen molar-refractivity contribution in [2.45, 2.75) is 11.8 Å². The van der Waals surface area contributed by atoms with E-state index in [1.807, 2.05) is 30.5 Å². The van der Waals surface area contributed by atoms with E-state index in [4.69, 9.17) is 10.00 Å². The van der Waals surface area contributed by atoms with Crippen molar-refractivity contribution in [1.29, 1.82) is 5.26 Å². The average molecular weight is 259 g/mol. The normalized spacial score (nSPS) is 10.1. The summed E-state index contributed by atoms with van der Waals surface area (Å²) < 4.78 is 7.42. The molecule has 4 nitrogen and oxygen atoms in total. The van der Waals surface area contributed by atoms with Crippen molar-refractivity contribution in [2.75, 3.05) is 6.26 Å². The Morgan fingerprint density at radius 2 is 2.11 bits per heavy atom. The summed E-state index contributed by atoms with van der Waals surface area (Å²) in [5.41, 5.74) is 1.16. The maximum Gasteiger partial charge on any atom is 0.235 e. The van der Waals surface area contributed by atoms with E-state index in [1.165, 1.54) is 0 Å². The maximum absolute atomic E-state index is 9.13. The minimum Gasteiger partial charge on any atom is -0.437 e. The lowest BCUT2D eigenvalue weighted by molar-refractivity contribution is 0.420. The van der Waals surface area contributed by atoms with Crippen LogP contribution in [0.25, 0.3) is 0 Å². The molecule has 2 rings (SSSR count). The van der Waals surface area contributed by atoms with E-state index in [0.717, 1.165) is 10.6 Å². The summed E-state index contributed by atoms with van der Waals surface area (Å²) in [5.74, 6) is 1.22. The number of aryl methyl sites for hydroxylation is 2. The van der Waals surface area contributed by atoms with Gasteiger partial charge in [0.2, 0.25) is 5.88 Å². The van der Waals surface area contributed by atoms with Crippen molar-refractivity contribution in [3.8, 4) is 17.7 Å². The van der Waals surface area contributed by atoms with Crippen LogP contribution >= 0.6 is 11.8 Å². The molecule has 0 saturated carbocycles. The third-order valence-corrected chi connectivity index (χ3v) is 3.33. The van der Waals surface area contributed by atoms with Gasteiger partial charge < -0.3 is 4.74 Å². The molecule has 1 aromatic heterocycles. The van der Waals surface area contributed by atoms with Crippen LogP contribution in [0.1, 0.15) is 11.3 Å². The Balaban J connectivity index is 2.44. The lowest BCUT2D eigenvalue weighted by Gasteiger charge is -2.09. The molecule has 0 aliphatic heterocycles. The van der Waals surface area contributed by atoms with Crippen LogP contribution in [0.3, 0.4) is 0 Å². The first kappa shape index (κ1) is 12.5. The van der Waals surface area contributed by atoms with Crippen LogP contribution in [0, 0.1) is 18.3 Å². The minimum atomic E-state index is 0.480. The number of thioether (sulfide) groups is 1. The molecule has 0 fully saturated rings. The monoisotopic (exact) mass is 259 g/mol. The highest BCUT2D eigenvalue weighted by molar-refractivity contribution is 7.98. The van der Waals surface area contributed by atoms with Crippen LogP contribution in [-0.4, -0.2) is 16.0 Å². The third-order valence-electron chi connectivity index (χ3n) is 2.56. The zero-order valence-electron chi connectivity index (χ0n) is 10.5. The van der Waals surface area contributed by atoms with Crippen molar-refractivity contribution >= 4 is 11.8 Å². The molecule has 0 spiro atoms. The molecule has 1 heterocycles. The number of hydrogen-bond donors (Lipinski definition) is 0. The Kier molecular flexibility index (Phi) is 3.58. The van der Waals surface area contributed by atoms with Gasteiger partial charge in [-0.05, 0) is 25.3 Å². The Morgan fingerprint density at radius 1 is 1.39 bits per heavy atom. The lowest BCUT2D eigenvalue weighted by Crippen LogP contribution is -1.96. The molecule has 0 unspecified atom stereocenters. The topological polar surface area (TPSA) is 50.8 Å². The number of para-hydroxylation sites is 1. The zero-order valence-corrected chi connectivity index (χ0v) is 11.3. The van der Waals surface area contributed by atoms with Gasteiger partial charge in [0.15, 0.2) is 0 Å². The molecule has 0 atom stereocenters. The molecule has 0 N–H and O–H groups in total. The lowest BCUT2D eigenvalue weighted by atomic mass is 10.3. The highest BCUT2D eigenvalue weighted by Crippen LogP contribution is 2.33. The van der Waals surface area contributed by atoms with E-state index in [0.29, 0.717) is 17.1 Å². The SMILES string of the molecule is CSc1ccccc1Oc1c(C#N)c(C)nn1C. The van der Waals surface area contributed by atoms with Gasteiger partial charge in [-0.1, -0.05) is 12.1 Å². The van der Waals surface area contributed by atoms with Gasteiger partial charge in [0.1, 0.15) is 17.4 Å². The molecule has 0 aliphatic carbocycles. The van der Waals surface area contributed by atoms with E-state index < -0.39 is 0 Å². The fraction of sp³-hybridized carbons (Fsp3) is 0.231. The summed E-state index contributed by atoms with van der Waals surface area (Å²) in [6, 6.07) is 9.86. The van der Waals surface area contributed by atoms with Gasteiger partial charge in [0.05, 0.1) is 5.69 Å². The summed E-state index contributed by atoms with van der Waals surface area (Å²) in [4.78, 5) is 1.03. The Bertz CT molecular complexity index is 613. The van der Waals surface area contributed by atoms with Gasteiger partial charge in [0, 0.05) is 11.9 Å². The second-order valence-electron chi connectivity index (χ2n) is 3.75. The third kappa shape index (κ3) is 2.20. The standard InChI is InChI=1S/C13H13N3OS/c1-9-10(8-14)13(16(2)15-9)17-11-6-4-5-7-12(11)18-3/h4-7H,1-3H3. The van der Waals surface area contributed by atoms with Gasteiger partial charge in [-0.15, -0.1) is 11.8 Å². The number of nitrogens with zero attached hydrogens (tertiary/aromatic N) is 3. The van der Waals surface area contributed by atoms with Crippen LogP contribution in [0.5, 0.6) is 11.6 Å². The molecule has 0 aliphatic rings. The first-order valence-corrected chi connectivity index (χ1v) is 6.64. The maximum atomic E-state index is 9.13. The fourth-order valence-corrected chi connectivity index (χ4v) is 2.22. The first-order chi connectivity index (χ1) is 8.67. The molecule has 1 aromatic carbocycles. The number of ether oxygens (including phenoxy) is 1. The fourth-order valence-electron chi connectivity index (χ4n) is 1.69. The number of benzene rings is 1. The van der Waals surface area contributed by atoms with Crippen LogP contribution in [-0.2, 0) is 7.05 Å². The van der Waals surface area contributed by atoms with E-state index in [9.17, 15) is 0 Å². The number of rotatable bonds is 3. The molecule has 18 heavy (non-hydrogen) atoms. The first-order valence-electron chi connectivity index (χ1n) is 5.42. The van der Waals surface area contributed by atoms with E-state index in [-0.39, 0.29) is 0 Å². The summed E-state index contributed by atoms with van der Waals surface area (Å²) in [5, 5.41) is 13.3. The van der Waals surface area contributed by atoms with E-state index in [1.54, 1.807) is 30.4 Å². The molecule has 92 valence electrons. The highest BCUT2D eigenvalue weighted by atomic mass is 32.2. The van der Waals surface area contributed by atoms with Gasteiger partial charge >= 0.3 is 0 Å². The summed E-state index contributed by atoms with van der Waals surface area (Å²) in [6.45, 7) is 1.80. The van der Waals surface area contributed by atoms with Crippen molar-refractivity contribution in [1.82, 2.24) is 9.78 Å². The van der Waals surface area contributed by atoms with Crippen molar-refractivity contribution < 1.29 is 4.74 Å². The number of aromatic nitrogens is 2. The molecular weight excluding hydrogens is 246 g/mol. The molecule has 0 saturated heterocycles. The quantitative estimate of drug-likeness (QED) is 0.795. The molecule has 5 heteroatoms. The predicted octanol–water partition coefficient (Wildman–Crippen LogP) is 3.11. The highest BCUT2D eigenvalue weighted by Gasteiger charge is 2.16. The summed E-state index contributed by atoms with van der Waals surface area (Å²) in [7, 11) is 1.77. The van der Waals surface area contributed by atoms with E-state index in [2.05, 4.69) is 11.2 Å². The van der Waals surface area contributed by atoms with Crippen LogP contribution in [0.15, 0.2) is 29.2 Å². The minimum absolute atomic E-state index is 0.480. The summed E-state index contributed by atoms with van der Waals surface area (Å²) in [6.07, 6.45) is 1.99. The van der Waals surface area contributed by atoms with Crippen LogP contribution in [0.2, 0.25) is 0 Å². The van der Waals surface area contributed by atoms with Gasteiger partial charge in [0.25, 0.3) is 0 Å². The molecule has 2 aromatic rings. The van der Waals surface area contributed by atoms with E-state index >= 15 is 0 Å². The molecule has 0 amide bonds. The molecular formula is C13H13N3OS. The Labute approximate surface area is 110 Å². The zero-order chi connectivity index (χ0) is 13.1. The second-order valence-corrected chi connectivity index (χ2v) is 4.60. The van der Waals surface area contributed by atoms with Gasteiger partial charge in [-0.3, -0.25) is 0 Å². The van der Waals surface area contributed by atoms with Crippen molar-refractivity contribution in [3.05, 3.63) is 35.5 Å². The predicted molar refractivity (Wildman–Crippen MR) is 71.0 cm³/mol. The smallest absolute Gasteiger partial charge is 0.235 e. The average Bonchev–Trinajstić information content (AvgIpc) is 2.64. The second kappa shape index (κ2) is 5.15. The van der Waals surface area contributed by atoms with Crippen molar-refractivity contribution in [3.63, 3.8) is 0 Å². The largest absolute Gasteiger partial charge is 0.437 e. The van der Waals surface area contributed by atoms with Gasteiger partial charge in [-0.2, -0.15) is 10.4 Å². The number of hydrogen-bond acceptors (Lipinski definition) is 4.